The summed E-state index contributed by atoms with van der Waals surface area (Å²) >= 11 is 0. The van der Waals surface area contributed by atoms with Crippen LogP contribution in [0, 0.1) is 0 Å². The van der Waals surface area contributed by atoms with Crippen LogP contribution in [-0.2, 0) is 14.4 Å². The molecule has 0 radical (unpaired) electrons. The van der Waals surface area contributed by atoms with Crippen LogP contribution >= 0.6 is 0 Å². The van der Waals surface area contributed by atoms with Gasteiger partial charge in [-0.2, -0.15) is 0 Å². The van der Waals surface area contributed by atoms with Crippen LogP contribution in [0.2, 0.25) is 0 Å². The summed E-state index contributed by atoms with van der Waals surface area (Å²) in [4.78, 5) is 33.0. The van der Waals surface area contributed by atoms with Gasteiger partial charge in [-0.3, -0.25) is 4.79 Å². The molecule has 0 unspecified atom stereocenters. The zero-order chi connectivity index (χ0) is 20.3. The fraction of sp³-hybridized carbons (Fsp3) is 0.857. The Morgan fingerprint density at radius 1 is 0.714 bits per heavy atom. The standard InChI is InChI=1S/C21H39NO5.Mg/c1-2-3-4-5-6-7-8-9-10-11-12-13-14-15-19(23)22-18(21(26)27)16-17-20(24)25;/h18H,2-17H2,1H3,(H,22,23)(H,24,25)(H,26,27);/q;+2/p-2/t18-;/m1./s1. The van der Waals surface area contributed by atoms with E-state index >= 15 is 0 Å². The Kier molecular flexibility index (Phi) is 21.9. The Labute approximate surface area is 186 Å². The van der Waals surface area contributed by atoms with Crippen molar-refractivity contribution in [2.45, 2.75) is 116 Å². The third kappa shape index (κ3) is 19.9. The van der Waals surface area contributed by atoms with Crippen molar-refractivity contribution in [3.05, 3.63) is 0 Å². The molecule has 1 N–H and O–H groups in total. The van der Waals surface area contributed by atoms with Crippen LogP contribution in [0.25, 0.3) is 0 Å². The van der Waals surface area contributed by atoms with Crippen LogP contribution in [0.5, 0.6) is 0 Å². The van der Waals surface area contributed by atoms with Crippen LogP contribution in [0.15, 0.2) is 0 Å². The van der Waals surface area contributed by atoms with E-state index in [4.69, 9.17) is 0 Å². The van der Waals surface area contributed by atoms with Gasteiger partial charge in [0, 0.05) is 12.4 Å². The molecule has 0 saturated carbocycles. The molecule has 0 aromatic heterocycles. The van der Waals surface area contributed by atoms with Gasteiger partial charge in [0.25, 0.3) is 0 Å². The second-order valence-corrected chi connectivity index (χ2v) is 7.34. The van der Waals surface area contributed by atoms with Gasteiger partial charge in [-0.25, -0.2) is 0 Å². The van der Waals surface area contributed by atoms with E-state index in [-0.39, 0.29) is 41.8 Å². The van der Waals surface area contributed by atoms with Crippen molar-refractivity contribution >= 4 is 40.9 Å². The minimum absolute atomic E-state index is 0. The van der Waals surface area contributed by atoms with Gasteiger partial charge in [-0.15, -0.1) is 0 Å². The van der Waals surface area contributed by atoms with Crippen molar-refractivity contribution in [3.63, 3.8) is 0 Å². The fourth-order valence-electron chi connectivity index (χ4n) is 3.08. The fourth-order valence-corrected chi connectivity index (χ4v) is 3.08. The van der Waals surface area contributed by atoms with Gasteiger partial charge < -0.3 is 25.1 Å². The SMILES string of the molecule is CCCCCCCCCCCCCCCC(=O)N[C@H](CCC(=O)[O-])C(=O)[O-].[Mg+2]. The van der Waals surface area contributed by atoms with Gasteiger partial charge in [-0.1, -0.05) is 84.0 Å². The van der Waals surface area contributed by atoms with Crippen LogP contribution in [-0.4, -0.2) is 46.9 Å². The molecule has 6 nitrogen and oxygen atoms in total. The van der Waals surface area contributed by atoms with E-state index in [9.17, 15) is 24.6 Å². The molecule has 0 rings (SSSR count). The molecule has 0 aliphatic rings. The van der Waals surface area contributed by atoms with E-state index in [0.29, 0.717) is 6.42 Å². The number of carboxylic acids is 2. The summed E-state index contributed by atoms with van der Waals surface area (Å²) in [6.07, 6.45) is 15.4. The Balaban J connectivity index is 0. The molecule has 1 atom stereocenters. The third-order valence-electron chi connectivity index (χ3n) is 4.76. The first-order chi connectivity index (χ1) is 13.0. The van der Waals surface area contributed by atoms with Crippen LogP contribution < -0.4 is 15.5 Å². The molecule has 0 bridgehead atoms. The predicted octanol–water partition coefficient (Wildman–Crippen LogP) is 1.85. The van der Waals surface area contributed by atoms with Crippen LogP contribution in [0.1, 0.15) is 110 Å². The summed E-state index contributed by atoms with van der Waals surface area (Å²) in [5, 5.41) is 23.6. The van der Waals surface area contributed by atoms with Crippen molar-refractivity contribution in [1.29, 1.82) is 0 Å². The summed E-state index contributed by atoms with van der Waals surface area (Å²) in [5.74, 6) is -3.17. The van der Waals surface area contributed by atoms with Crippen LogP contribution in [0.3, 0.4) is 0 Å². The molecule has 0 heterocycles. The number of hydrogen-bond donors (Lipinski definition) is 1. The van der Waals surface area contributed by atoms with Crippen molar-refractivity contribution < 1.29 is 24.6 Å². The van der Waals surface area contributed by atoms with E-state index in [1.54, 1.807) is 0 Å². The Morgan fingerprint density at radius 2 is 1.14 bits per heavy atom. The molecule has 0 aromatic carbocycles. The molecule has 0 aliphatic carbocycles. The monoisotopic (exact) mass is 407 g/mol. The summed E-state index contributed by atoms with van der Waals surface area (Å²) in [6, 6.07) is -1.27. The largest absolute Gasteiger partial charge is 2.00 e. The Hall–Kier alpha value is -0.824. The topological polar surface area (TPSA) is 109 Å². The van der Waals surface area contributed by atoms with Crippen molar-refractivity contribution in [3.8, 4) is 0 Å². The van der Waals surface area contributed by atoms with Crippen molar-refractivity contribution in [1.82, 2.24) is 5.32 Å². The molecular weight excluding hydrogens is 371 g/mol. The van der Waals surface area contributed by atoms with Gasteiger partial charge in [-0.05, 0) is 19.3 Å². The number of carbonyl (C=O) groups excluding carboxylic acids is 3. The molecule has 158 valence electrons. The van der Waals surface area contributed by atoms with E-state index < -0.39 is 24.4 Å². The molecule has 0 aliphatic heterocycles. The first kappa shape index (κ1) is 29.4. The first-order valence-corrected chi connectivity index (χ1v) is 10.7. The zero-order valence-corrected chi connectivity index (χ0v) is 19.1. The van der Waals surface area contributed by atoms with E-state index in [1.165, 1.54) is 64.2 Å². The van der Waals surface area contributed by atoms with Crippen molar-refractivity contribution in [2.24, 2.45) is 0 Å². The number of unbranched alkanes of at least 4 members (excludes halogenated alkanes) is 12. The van der Waals surface area contributed by atoms with E-state index in [2.05, 4.69) is 12.2 Å². The average Bonchev–Trinajstić information content (AvgIpc) is 2.62. The summed E-state index contributed by atoms with van der Waals surface area (Å²) < 4.78 is 0. The first-order valence-electron chi connectivity index (χ1n) is 10.7. The van der Waals surface area contributed by atoms with Crippen LogP contribution in [0.4, 0.5) is 0 Å². The number of amides is 1. The molecule has 7 heteroatoms. The molecule has 0 fully saturated rings. The number of rotatable bonds is 19. The predicted molar refractivity (Wildman–Crippen MR) is 107 cm³/mol. The van der Waals surface area contributed by atoms with Gasteiger partial charge in [0.2, 0.25) is 5.91 Å². The molecule has 28 heavy (non-hydrogen) atoms. The van der Waals surface area contributed by atoms with Gasteiger partial charge in [0.1, 0.15) is 0 Å². The summed E-state index contributed by atoms with van der Waals surface area (Å²) in [5.41, 5.74) is 0. The average molecular weight is 408 g/mol. The normalized spacial score (nSPS) is 11.5. The zero-order valence-electron chi connectivity index (χ0n) is 17.6. The number of nitrogens with one attached hydrogen (secondary N) is 1. The third-order valence-corrected chi connectivity index (χ3v) is 4.76. The molecule has 0 aromatic rings. The maximum atomic E-state index is 11.7. The quantitative estimate of drug-likeness (QED) is 0.259. The van der Waals surface area contributed by atoms with Gasteiger partial charge in [0.05, 0.1) is 12.0 Å². The number of carbonyl (C=O) groups is 3. The second-order valence-electron chi connectivity index (χ2n) is 7.34. The minimum Gasteiger partial charge on any atom is -0.550 e. The Bertz CT molecular complexity index is 418. The summed E-state index contributed by atoms with van der Waals surface area (Å²) in [6.45, 7) is 2.23. The van der Waals surface area contributed by atoms with E-state index in [0.717, 1.165) is 12.8 Å². The number of aliphatic carboxylic acids is 2. The van der Waals surface area contributed by atoms with Gasteiger partial charge >= 0.3 is 23.1 Å². The Morgan fingerprint density at radius 3 is 1.54 bits per heavy atom. The molecular formula is C21H37MgNO5. The summed E-state index contributed by atoms with van der Waals surface area (Å²) in [7, 11) is 0. The maximum Gasteiger partial charge on any atom is 2.00 e. The van der Waals surface area contributed by atoms with E-state index in [1.807, 2.05) is 0 Å². The molecule has 0 spiro atoms. The smallest absolute Gasteiger partial charge is 0.550 e. The maximum absolute atomic E-state index is 11.7. The minimum atomic E-state index is -1.46. The number of carboxylic acid groups (broad SMARTS) is 2. The van der Waals surface area contributed by atoms with Gasteiger partial charge in [0.15, 0.2) is 0 Å². The number of hydrogen-bond acceptors (Lipinski definition) is 5. The van der Waals surface area contributed by atoms with Crippen molar-refractivity contribution in [2.75, 3.05) is 0 Å². The molecule has 1 amide bonds. The molecule has 0 saturated heterocycles. The second kappa shape index (κ2) is 20.9.